The Bertz CT molecular complexity index is 286. The zero-order valence-corrected chi connectivity index (χ0v) is 11.5. The summed E-state index contributed by atoms with van der Waals surface area (Å²) in [5.74, 6) is 0. The fourth-order valence-corrected chi connectivity index (χ4v) is 2.51. The Morgan fingerprint density at radius 1 is 1.27 bits per heavy atom. The largest absolute Gasteiger partial charge is 0.0887 e. The van der Waals surface area contributed by atoms with Gasteiger partial charge in [-0.25, -0.2) is 0 Å². The first-order chi connectivity index (χ1) is 7.24. The molecule has 15 heavy (non-hydrogen) atoms. The standard InChI is InChI=1S/C13H18BrCl/c1-2-3-4-8-12(14)10-11-7-5-6-9-13(11)15/h5-7,9,12H,2-4,8,10H2,1H3. The van der Waals surface area contributed by atoms with Crippen LogP contribution in [0.3, 0.4) is 0 Å². The van der Waals surface area contributed by atoms with Gasteiger partial charge in [-0.15, -0.1) is 0 Å². The maximum atomic E-state index is 6.11. The highest BCUT2D eigenvalue weighted by Crippen LogP contribution is 2.22. The van der Waals surface area contributed by atoms with Crippen LogP contribution in [0.5, 0.6) is 0 Å². The van der Waals surface area contributed by atoms with Crippen molar-refractivity contribution in [2.45, 2.75) is 43.9 Å². The molecule has 1 rings (SSSR count). The Morgan fingerprint density at radius 2 is 2.00 bits per heavy atom. The van der Waals surface area contributed by atoms with Gasteiger partial charge in [-0.05, 0) is 24.5 Å². The van der Waals surface area contributed by atoms with Crippen molar-refractivity contribution in [1.82, 2.24) is 0 Å². The number of rotatable bonds is 6. The lowest BCUT2D eigenvalue weighted by Gasteiger charge is -2.10. The fraction of sp³-hybridized carbons (Fsp3) is 0.538. The van der Waals surface area contributed by atoms with E-state index < -0.39 is 0 Å². The summed E-state index contributed by atoms with van der Waals surface area (Å²) < 4.78 is 0. The average molecular weight is 290 g/mol. The Morgan fingerprint density at radius 3 is 2.67 bits per heavy atom. The second kappa shape index (κ2) is 7.29. The van der Waals surface area contributed by atoms with Crippen LogP contribution in [0.25, 0.3) is 0 Å². The minimum atomic E-state index is 0.559. The fourth-order valence-electron chi connectivity index (χ4n) is 1.62. The van der Waals surface area contributed by atoms with Crippen molar-refractivity contribution in [2.24, 2.45) is 0 Å². The van der Waals surface area contributed by atoms with Crippen LogP contribution in [0.15, 0.2) is 24.3 Å². The van der Waals surface area contributed by atoms with Crippen LogP contribution in [-0.4, -0.2) is 4.83 Å². The summed E-state index contributed by atoms with van der Waals surface area (Å²) in [7, 11) is 0. The molecule has 1 aromatic rings. The zero-order chi connectivity index (χ0) is 11.1. The minimum absolute atomic E-state index is 0.559. The molecule has 2 heteroatoms. The van der Waals surface area contributed by atoms with E-state index in [2.05, 4.69) is 28.9 Å². The Hall–Kier alpha value is -0.0100. The predicted molar refractivity (Wildman–Crippen MR) is 72.0 cm³/mol. The number of alkyl halides is 1. The van der Waals surface area contributed by atoms with Gasteiger partial charge in [0.2, 0.25) is 0 Å². The van der Waals surface area contributed by atoms with E-state index in [-0.39, 0.29) is 0 Å². The van der Waals surface area contributed by atoms with Gasteiger partial charge in [0.25, 0.3) is 0 Å². The van der Waals surface area contributed by atoms with Crippen molar-refractivity contribution in [3.63, 3.8) is 0 Å². The summed E-state index contributed by atoms with van der Waals surface area (Å²) in [6, 6.07) is 8.10. The molecule has 0 aromatic heterocycles. The quantitative estimate of drug-likeness (QED) is 0.497. The van der Waals surface area contributed by atoms with Gasteiger partial charge in [0, 0.05) is 9.85 Å². The summed E-state index contributed by atoms with van der Waals surface area (Å²) in [6.45, 7) is 2.23. The maximum Gasteiger partial charge on any atom is 0.0438 e. The smallest absolute Gasteiger partial charge is 0.0438 e. The maximum absolute atomic E-state index is 6.11. The van der Waals surface area contributed by atoms with Crippen LogP contribution in [0.1, 0.15) is 38.2 Å². The Kier molecular flexibility index (Phi) is 6.35. The van der Waals surface area contributed by atoms with Crippen LogP contribution in [0.2, 0.25) is 5.02 Å². The number of hydrogen-bond acceptors (Lipinski definition) is 0. The molecule has 0 aliphatic rings. The van der Waals surface area contributed by atoms with Gasteiger partial charge in [0.1, 0.15) is 0 Å². The van der Waals surface area contributed by atoms with E-state index in [1.165, 1.54) is 31.2 Å². The van der Waals surface area contributed by atoms with E-state index in [9.17, 15) is 0 Å². The molecule has 0 radical (unpaired) electrons. The van der Waals surface area contributed by atoms with E-state index in [0.717, 1.165) is 11.4 Å². The van der Waals surface area contributed by atoms with Crippen LogP contribution < -0.4 is 0 Å². The molecule has 0 fully saturated rings. The minimum Gasteiger partial charge on any atom is -0.0887 e. The van der Waals surface area contributed by atoms with Gasteiger partial charge in [-0.2, -0.15) is 0 Å². The van der Waals surface area contributed by atoms with Crippen molar-refractivity contribution in [3.8, 4) is 0 Å². The molecule has 0 saturated heterocycles. The molecule has 0 aliphatic carbocycles. The molecule has 0 spiro atoms. The highest BCUT2D eigenvalue weighted by Gasteiger charge is 2.07. The first kappa shape index (κ1) is 13.1. The van der Waals surface area contributed by atoms with Crippen molar-refractivity contribution in [2.75, 3.05) is 0 Å². The molecule has 84 valence electrons. The Balaban J connectivity index is 2.37. The van der Waals surface area contributed by atoms with Gasteiger partial charge < -0.3 is 0 Å². The van der Waals surface area contributed by atoms with Crippen LogP contribution in [0.4, 0.5) is 0 Å². The molecule has 0 heterocycles. The van der Waals surface area contributed by atoms with Crippen molar-refractivity contribution < 1.29 is 0 Å². The monoisotopic (exact) mass is 288 g/mol. The second-order valence-corrected chi connectivity index (χ2v) is 5.59. The number of benzene rings is 1. The molecular weight excluding hydrogens is 271 g/mol. The first-order valence-electron chi connectivity index (χ1n) is 5.61. The van der Waals surface area contributed by atoms with E-state index in [1.807, 2.05) is 18.2 Å². The van der Waals surface area contributed by atoms with E-state index >= 15 is 0 Å². The summed E-state index contributed by atoms with van der Waals surface area (Å²) in [5, 5.41) is 0.887. The third-order valence-corrected chi connectivity index (χ3v) is 3.67. The summed E-state index contributed by atoms with van der Waals surface area (Å²) >= 11 is 9.83. The molecule has 0 saturated carbocycles. The third kappa shape index (κ3) is 5.03. The van der Waals surface area contributed by atoms with Gasteiger partial charge in [0.05, 0.1) is 0 Å². The topological polar surface area (TPSA) is 0 Å². The first-order valence-corrected chi connectivity index (χ1v) is 6.91. The highest BCUT2D eigenvalue weighted by atomic mass is 79.9. The molecule has 1 atom stereocenters. The van der Waals surface area contributed by atoms with Gasteiger partial charge >= 0.3 is 0 Å². The molecular formula is C13H18BrCl. The number of halogens is 2. The number of unbranched alkanes of at least 4 members (excludes halogenated alkanes) is 2. The summed E-state index contributed by atoms with van der Waals surface area (Å²) in [6.07, 6.45) is 6.18. The zero-order valence-electron chi connectivity index (χ0n) is 9.18. The molecule has 1 unspecified atom stereocenters. The number of hydrogen-bond donors (Lipinski definition) is 0. The van der Waals surface area contributed by atoms with Crippen LogP contribution >= 0.6 is 27.5 Å². The lowest BCUT2D eigenvalue weighted by atomic mass is 10.1. The molecule has 0 amide bonds. The Labute approximate surface area is 106 Å². The van der Waals surface area contributed by atoms with Gasteiger partial charge in [0.15, 0.2) is 0 Å². The van der Waals surface area contributed by atoms with Crippen LogP contribution in [0, 0.1) is 0 Å². The third-order valence-electron chi connectivity index (χ3n) is 2.52. The van der Waals surface area contributed by atoms with E-state index in [1.54, 1.807) is 0 Å². The molecule has 0 bridgehead atoms. The second-order valence-electron chi connectivity index (χ2n) is 3.89. The predicted octanol–water partition coefficient (Wildman–Crippen LogP) is 5.23. The lowest BCUT2D eigenvalue weighted by molar-refractivity contribution is 0.648. The lowest BCUT2D eigenvalue weighted by Crippen LogP contribution is -2.03. The van der Waals surface area contributed by atoms with E-state index in [0.29, 0.717) is 4.83 Å². The van der Waals surface area contributed by atoms with Crippen molar-refractivity contribution in [3.05, 3.63) is 34.9 Å². The van der Waals surface area contributed by atoms with Gasteiger partial charge in [-0.1, -0.05) is 71.9 Å². The van der Waals surface area contributed by atoms with E-state index in [4.69, 9.17) is 11.6 Å². The molecule has 0 nitrogen and oxygen atoms in total. The molecule has 0 aliphatic heterocycles. The highest BCUT2D eigenvalue weighted by molar-refractivity contribution is 9.09. The summed E-state index contributed by atoms with van der Waals surface area (Å²) in [4.78, 5) is 0.559. The van der Waals surface area contributed by atoms with Crippen molar-refractivity contribution in [1.29, 1.82) is 0 Å². The van der Waals surface area contributed by atoms with Crippen LogP contribution in [-0.2, 0) is 6.42 Å². The molecule has 0 N–H and O–H groups in total. The SMILES string of the molecule is CCCCCC(Br)Cc1ccccc1Cl. The van der Waals surface area contributed by atoms with Gasteiger partial charge in [-0.3, -0.25) is 0 Å². The summed E-state index contributed by atoms with van der Waals surface area (Å²) in [5.41, 5.74) is 1.25. The average Bonchev–Trinajstić information content (AvgIpc) is 2.22. The van der Waals surface area contributed by atoms with Crippen molar-refractivity contribution >= 4 is 27.5 Å². The molecule has 1 aromatic carbocycles. The normalized spacial score (nSPS) is 12.7.